The summed E-state index contributed by atoms with van der Waals surface area (Å²) in [5.41, 5.74) is 2.13. The third-order valence-corrected chi connectivity index (χ3v) is 3.61. The van der Waals surface area contributed by atoms with E-state index in [-0.39, 0.29) is 0 Å². The normalized spacial score (nSPS) is 13.8. The molecule has 0 fully saturated rings. The van der Waals surface area contributed by atoms with Crippen LogP contribution in [0.1, 0.15) is 12.5 Å². The van der Waals surface area contributed by atoms with E-state index in [0.29, 0.717) is 6.54 Å². The molecule has 21 heavy (non-hydrogen) atoms. The van der Waals surface area contributed by atoms with Gasteiger partial charge in [0.1, 0.15) is 5.60 Å². The lowest BCUT2D eigenvalue weighted by Crippen LogP contribution is -2.27. The van der Waals surface area contributed by atoms with E-state index in [9.17, 15) is 5.11 Å². The van der Waals surface area contributed by atoms with Gasteiger partial charge in [0.05, 0.1) is 12.7 Å². The minimum atomic E-state index is -0.943. The first-order valence-corrected chi connectivity index (χ1v) is 7.01. The summed E-state index contributed by atoms with van der Waals surface area (Å²) >= 11 is 0. The number of hydrogen-bond acceptors (Lipinski definition) is 2. The van der Waals surface area contributed by atoms with Crippen molar-refractivity contribution in [2.24, 2.45) is 0 Å². The quantitative estimate of drug-likeness (QED) is 0.793. The molecule has 3 aromatic rings. The van der Waals surface area contributed by atoms with Crippen LogP contribution in [0.2, 0.25) is 0 Å². The lowest BCUT2D eigenvalue weighted by Gasteiger charge is -2.23. The van der Waals surface area contributed by atoms with Crippen LogP contribution in [-0.4, -0.2) is 14.9 Å². The Morgan fingerprint density at radius 2 is 1.57 bits per heavy atom. The maximum atomic E-state index is 10.7. The highest BCUT2D eigenvalue weighted by molar-refractivity contribution is 5.61. The zero-order valence-corrected chi connectivity index (χ0v) is 12.0. The van der Waals surface area contributed by atoms with Gasteiger partial charge in [-0.3, -0.25) is 4.68 Å². The molecule has 1 heterocycles. The molecule has 3 nitrogen and oxygen atoms in total. The van der Waals surface area contributed by atoms with Crippen molar-refractivity contribution in [2.45, 2.75) is 19.1 Å². The van der Waals surface area contributed by atoms with E-state index in [1.54, 1.807) is 4.68 Å². The smallest absolute Gasteiger partial charge is 0.106 e. The van der Waals surface area contributed by atoms with Crippen molar-refractivity contribution in [3.63, 3.8) is 0 Å². The Balaban J connectivity index is 1.82. The van der Waals surface area contributed by atoms with Gasteiger partial charge in [0.15, 0.2) is 0 Å². The van der Waals surface area contributed by atoms with Crippen molar-refractivity contribution in [1.29, 1.82) is 0 Å². The maximum Gasteiger partial charge on any atom is 0.106 e. The first-order valence-electron chi connectivity index (χ1n) is 7.01. The summed E-state index contributed by atoms with van der Waals surface area (Å²) in [4.78, 5) is 0. The van der Waals surface area contributed by atoms with Crippen molar-refractivity contribution in [3.05, 3.63) is 78.6 Å². The summed E-state index contributed by atoms with van der Waals surface area (Å²) in [6.07, 6.45) is 3.79. The first-order chi connectivity index (χ1) is 10.1. The fraction of sp³-hybridized carbons (Fsp3) is 0.167. The largest absolute Gasteiger partial charge is 0.384 e. The van der Waals surface area contributed by atoms with Crippen molar-refractivity contribution < 1.29 is 5.11 Å². The van der Waals surface area contributed by atoms with E-state index in [1.165, 1.54) is 0 Å². The molecule has 0 aliphatic rings. The van der Waals surface area contributed by atoms with Crippen molar-refractivity contribution in [1.82, 2.24) is 9.78 Å². The molecule has 0 saturated heterocycles. The molecule has 1 N–H and O–H groups in total. The SMILES string of the molecule is CC(O)(Cn1cc(-c2ccccc2)cn1)c1ccccc1. The predicted octanol–water partition coefficient (Wildman–Crippen LogP) is 3.46. The number of hydrogen-bond donors (Lipinski definition) is 1. The Morgan fingerprint density at radius 1 is 0.952 bits per heavy atom. The molecular weight excluding hydrogens is 260 g/mol. The van der Waals surface area contributed by atoms with Crippen LogP contribution in [0.5, 0.6) is 0 Å². The van der Waals surface area contributed by atoms with E-state index in [2.05, 4.69) is 17.2 Å². The number of nitrogens with zero attached hydrogens (tertiary/aromatic N) is 2. The van der Waals surface area contributed by atoms with Gasteiger partial charge >= 0.3 is 0 Å². The molecule has 0 saturated carbocycles. The Morgan fingerprint density at radius 3 is 2.24 bits per heavy atom. The maximum absolute atomic E-state index is 10.7. The van der Waals surface area contributed by atoms with Crippen molar-refractivity contribution >= 4 is 0 Å². The Labute approximate surface area is 124 Å². The topological polar surface area (TPSA) is 38.0 Å². The summed E-state index contributed by atoms with van der Waals surface area (Å²) in [5, 5.41) is 15.0. The molecule has 1 aromatic heterocycles. The van der Waals surface area contributed by atoms with Gasteiger partial charge in [0.2, 0.25) is 0 Å². The fourth-order valence-electron chi connectivity index (χ4n) is 2.43. The van der Waals surface area contributed by atoms with Crippen molar-refractivity contribution in [3.8, 4) is 11.1 Å². The molecule has 0 amide bonds. The molecule has 3 heteroatoms. The van der Waals surface area contributed by atoms with Crippen LogP contribution in [0.25, 0.3) is 11.1 Å². The molecule has 1 atom stereocenters. The number of benzene rings is 2. The van der Waals surface area contributed by atoms with Crippen LogP contribution in [-0.2, 0) is 12.1 Å². The first kappa shape index (κ1) is 13.6. The lowest BCUT2D eigenvalue weighted by atomic mass is 9.96. The Kier molecular flexibility index (Phi) is 3.59. The molecule has 0 aliphatic carbocycles. The van der Waals surface area contributed by atoms with Gasteiger partial charge in [-0.15, -0.1) is 0 Å². The Hall–Kier alpha value is -2.39. The van der Waals surface area contributed by atoms with E-state index in [4.69, 9.17) is 0 Å². The highest BCUT2D eigenvalue weighted by Gasteiger charge is 2.23. The molecule has 0 spiro atoms. The third kappa shape index (κ3) is 3.03. The van der Waals surface area contributed by atoms with Gasteiger partial charge in [-0.05, 0) is 18.1 Å². The molecule has 0 aliphatic heterocycles. The van der Waals surface area contributed by atoms with E-state index in [0.717, 1.165) is 16.7 Å². The molecule has 3 rings (SSSR count). The van der Waals surface area contributed by atoms with Gasteiger partial charge in [-0.25, -0.2) is 0 Å². The summed E-state index contributed by atoms with van der Waals surface area (Å²) in [6.45, 7) is 2.23. The molecule has 0 bridgehead atoms. The summed E-state index contributed by atoms with van der Waals surface area (Å²) < 4.78 is 1.79. The van der Waals surface area contributed by atoms with Crippen LogP contribution >= 0.6 is 0 Å². The third-order valence-electron chi connectivity index (χ3n) is 3.61. The summed E-state index contributed by atoms with van der Waals surface area (Å²) in [6, 6.07) is 19.8. The zero-order valence-electron chi connectivity index (χ0n) is 12.0. The number of rotatable bonds is 4. The second-order valence-corrected chi connectivity index (χ2v) is 5.43. The summed E-state index contributed by atoms with van der Waals surface area (Å²) in [7, 11) is 0. The van der Waals surface area contributed by atoms with Gasteiger partial charge in [-0.1, -0.05) is 60.7 Å². The average molecular weight is 278 g/mol. The monoisotopic (exact) mass is 278 g/mol. The van der Waals surface area contributed by atoms with Crippen LogP contribution < -0.4 is 0 Å². The molecular formula is C18H18N2O. The van der Waals surface area contributed by atoms with Gasteiger partial charge < -0.3 is 5.11 Å². The van der Waals surface area contributed by atoms with E-state index >= 15 is 0 Å². The van der Waals surface area contributed by atoms with Gasteiger partial charge in [0, 0.05) is 11.8 Å². The van der Waals surface area contributed by atoms with Crippen LogP contribution in [0.15, 0.2) is 73.1 Å². The molecule has 106 valence electrons. The second-order valence-electron chi connectivity index (χ2n) is 5.43. The van der Waals surface area contributed by atoms with Crippen molar-refractivity contribution in [2.75, 3.05) is 0 Å². The molecule has 1 unspecified atom stereocenters. The van der Waals surface area contributed by atoms with Crippen LogP contribution in [0, 0.1) is 0 Å². The van der Waals surface area contributed by atoms with E-state index in [1.807, 2.05) is 67.8 Å². The standard InChI is InChI=1S/C18H18N2O/c1-18(21,17-10-6-3-7-11-17)14-20-13-16(12-19-20)15-8-4-2-5-9-15/h2-13,21H,14H2,1H3. The second kappa shape index (κ2) is 5.54. The van der Waals surface area contributed by atoms with Gasteiger partial charge in [-0.2, -0.15) is 5.10 Å². The molecule has 2 aromatic carbocycles. The van der Waals surface area contributed by atoms with Gasteiger partial charge in [0.25, 0.3) is 0 Å². The predicted molar refractivity (Wildman–Crippen MR) is 83.7 cm³/mol. The highest BCUT2D eigenvalue weighted by atomic mass is 16.3. The number of aromatic nitrogens is 2. The summed E-state index contributed by atoms with van der Waals surface area (Å²) in [5.74, 6) is 0. The average Bonchev–Trinajstić information content (AvgIpc) is 2.97. The minimum absolute atomic E-state index is 0.420. The highest BCUT2D eigenvalue weighted by Crippen LogP contribution is 2.24. The van der Waals surface area contributed by atoms with Crippen LogP contribution in [0.3, 0.4) is 0 Å². The molecule has 0 radical (unpaired) electrons. The fourth-order valence-corrected chi connectivity index (χ4v) is 2.43. The minimum Gasteiger partial charge on any atom is -0.384 e. The number of aliphatic hydroxyl groups is 1. The van der Waals surface area contributed by atoms with Crippen LogP contribution in [0.4, 0.5) is 0 Å². The van der Waals surface area contributed by atoms with E-state index < -0.39 is 5.60 Å². The zero-order chi connectivity index (χ0) is 14.7. The lowest BCUT2D eigenvalue weighted by molar-refractivity contribution is 0.0346. The Bertz CT molecular complexity index is 702.